The van der Waals surface area contributed by atoms with Crippen molar-refractivity contribution >= 4 is 32.3 Å². The smallest absolute Gasteiger partial charge is 0.0704 e. The molecule has 1 heterocycles. The molecule has 0 saturated heterocycles. The van der Waals surface area contributed by atoms with Crippen LogP contribution < -0.4 is 0 Å². The average molecular weight is 436 g/mol. The van der Waals surface area contributed by atoms with E-state index in [1.165, 1.54) is 65.7 Å². The lowest BCUT2D eigenvalue weighted by atomic mass is 9.81. The minimum absolute atomic E-state index is 0.0514. The highest BCUT2D eigenvalue weighted by Crippen LogP contribution is 2.52. The van der Waals surface area contributed by atoms with Crippen molar-refractivity contribution in [2.75, 3.05) is 0 Å². The molecule has 1 nitrogen and oxygen atoms in total. The molecule has 6 aromatic rings. The first-order valence-electron chi connectivity index (χ1n) is 12.0. The van der Waals surface area contributed by atoms with Crippen LogP contribution >= 0.6 is 0 Å². The quantitative estimate of drug-likeness (QED) is 0.235. The highest BCUT2D eigenvalue weighted by atomic mass is 14.7. The molecule has 0 N–H and O–H groups in total. The summed E-state index contributed by atoms with van der Waals surface area (Å²) in [5.74, 6) is 0. The normalized spacial score (nSPS) is 14.0. The summed E-state index contributed by atoms with van der Waals surface area (Å²) < 4.78 is 0. The zero-order valence-electron chi connectivity index (χ0n) is 19.7. The Morgan fingerprint density at radius 2 is 1.15 bits per heavy atom. The third kappa shape index (κ3) is 2.58. The van der Waals surface area contributed by atoms with E-state index >= 15 is 0 Å². The lowest BCUT2D eigenvalue weighted by Gasteiger charge is -2.22. The van der Waals surface area contributed by atoms with E-state index in [0.717, 1.165) is 5.69 Å². The largest absolute Gasteiger partial charge is 0.256 e. The number of pyridine rings is 1. The zero-order valence-corrected chi connectivity index (χ0v) is 19.7. The van der Waals surface area contributed by atoms with E-state index in [1.807, 2.05) is 6.20 Å². The van der Waals surface area contributed by atoms with Crippen LogP contribution in [-0.2, 0) is 5.41 Å². The Hall–Kier alpha value is -3.97. The van der Waals surface area contributed by atoms with Crippen LogP contribution in [0.5, 0.6) is 0 Å². The van der Waals surface area contributed by atoms with E-state index in [-0.39, 0.29) is 5.41 Å². The van der Waals surface area contributed by atoms with E-state index in [4.69, 9.17) is 0 Å². The summed E-state index contributed by atoms with van der Waals surface area (Å²) in [4.78, 5) is 4.65. The molecule has 0 atom stereocenters. The van der Waals surface area contributed by atoms with Crippen LogP contribution in [0.15, 0.2) is 97.2 Å². The summed E-state index contributed by atoms with van der Waals surface area (Å²) in [6, 6.07) is 33.7. The summed E-state index contributed by atoms with van der Waals surface area (Å²) in [5.41, 5.74) is 8.87. The van der Waals surface area contributed by atoms with Gasteiger partial charge in [0.05, 0.1) is 5.69 Å². The molecule has 0 aliphatic heterocycles. The van der Waals surface area contributed by atoms with Gasteiger partial charge in [-0.15, -0.1) is 0 Å². The van der Waals surface area contributed by atoms with Crippen molar-refractivity contribution in [2.45, 2.75) is 26.2 Å². The number of aryl methyl sites for hydroxylation is 1. The number of fused-ring (bicyclic) bond motifs is 9. The fourth-order valence-corrected chi connectivity index (χ4v) is 6.00. The van der Waals surface area contributed by atoms with E-state index in [9.17, 15) is 0 Å². The van der Waals surface area contributed by atoms with E-state index in [1.54, 1.807) is 0 Å². The van der Waals surface area contributed by atoms with Crippen LogP contribution in [0.2, 0.25) is 0 Å². The van der Waals surface area contributed by atoms with Gasteiger partial charge in [0.25, 0.3) is 0 Å². The number of nitrogens with zero attached hydrogens (tertiary/aromatic N) is 1. The summed E-state index contributed by atoms with van der Waals surface area (Å²) in [6.45, 7) is 6.84. The van der Waals surface area contributed by atoms with Crippen molar-refractivity contribution < 1.29 is 0 Å². The molecule has 1 aromatic heterocycles. The van der Waals surface area contributed by atoms with Gasteiger partial charge >= 0.3 is 0 Å². The third-order valence-corrected chi connectivity index (χ3v) is 7.75. The van der Waals surface area contributed by atoms with Gasteiger partial charge in [0, 0.05) is 17.2 Å². The summed E-state index contributed by atoms with van der Waals surface area (Å²) in [5, 5.41) is 7.97. The highest BCUT2D eigenvalue weighted by molar-refractivity contribution is 6.26. The van der Waals surface area contributed by atoms with Gasteiger partial charge in [0.15, 0.2) is 0 Å². The molecule has 5 aromatic carbocycles. The third-order valence-electron chi connectivity index (χ3n) is 7.75. The number of aromatic nitrogens is 1. The van der Waals surface area contributed by atoms with Crippen molar-refractivity contribution in [3.05, 3.63) is 114 Å². The van der Waals surface area contributed by atoms with Crippen molar-refractivity contribution in [1.29, 1.82) is 0 Å². The minimum Gasteiger partial charge on any atom is -0.256 e. The van der Waals surface area contributed by atoms with Gasteiger partial charge in [-0.2, -0.15) is 0 Å². The van der Waals surface area contributed by atoms with E-state index in [0.29, 0.717) is 0 Å². The first kappa shape index (κ1) is 19.5. The molecular weight excluding hydrogens is 410 g/mol. The Morgan fingerprint density at radius 1 is 0.559 bits per heavy atom. The van der Waals surface area contributed by atoms with Gasteiger partial charge in [-0.1, -0.05) is 74.5 Å². The minimum atomic E-state index is -0.0514. The van der Waals surface area contributed by atoms with Crippen LogP contribution in [0.25, 0.3) is 54.7 Å². The Morgan fingerprint density at radius 3 is 1.79 bits per heavy atom. The molecule has 0 bridgehead atoms. The number of hydrogen-bond donors (Lipinski definition) is 0. The van der Waals surface area contributed by atoms with Gasteiger partial charge < -0.3 is 0 Å². The monoisotopic (exact) mass is 435 g/mol. The molecule has 0 unspecified atom stereocenters. The second-order valence-corrected chi connectivity index (χ2v) is 10.1. The molecule has 7 rings (SSSR count). The fourth-order valence-electron chi connectivity index (χ4n) is 6.00. The average Bonchev–Trinajstić information content (AvgIpc) is 3.09. The molecule has 0 spiro atoms. The van der Waals surface area contributed by atoms with Crippen LogP contribution in [0.1, 0.15) is 30.5 Å². The van der Waals surface area contributed by atoms with Gasteiger partial charge in [0.2, 0.25) is 0 Å². The highest BCUT2D eigenvalue weighted by Gasteiger charge is 2.36. The SMILES string of the molecule is Cc1ccnc(-c2ccc3c(c2)-c2cc4c5ccccc5c5ccccc5c4cc2C3(C)C)c1. The Balaban J connectivity index is 1.58. The molecule has 0 radical (unpaired) electrons. The van der Waals surface area contributed by atoms with E-state index in [2.05, 4.69) is 117 Å². The summed E-state index contributed by atoms with van der Waals surface area (Å²) >= 11 is 0. The standard InChI is InChI=1S/C33H25N/c1-20-14-15-34-32(16-20)21-12-13-30-28(17-21)29-18-26-24-10-6-4-8-22(24)23-9-5-7-11-25(23)27(26)19-31(29)33(30,2)3/h4-19H,1-3H3. The number of hydrogen-bond acceptors (Lipinski definition) is 1. The van der Waals surface area contributed by atoms with Crippen molar-refractivity contribution in [3.63, 3.8) is 0 Å². The molecule has 0 fully saturated rings. The zero-order chi connectivity index (χ0) is 23.0. The lowest BCUT2D eigenvalue weighted by molar-refractivity contribution is 0.661. The molecule has 0 saturated carbocycles. The van der Waals surface area contributed by atoms with Crippen molar-refractivity contribution in [2.24, 2.45) is 0 Å². The maximum Gasteiger partial charge on any atom is 0.0704 e. The van der Waals surface area contributed by atoms with Gasteiger partial charge in [-0.3, -0.25) is 4.98 Å². The Kier molecular flexibility index (Phi) is 3.88. The van der Waals surface area contributed by atoms with Crippen LogP contribution in [0.3, 0.4) is 0 Å². The number of rotatable bonds is 1. The van der Waals surface area contributed by atoms with Crippen LogP contribution in [0.4, 0.5) is 0 Å². The van der Waals surface area contributed by atoms with E-state index < -0.39 is 0 Å². The molecule has 1 heteroatoms. The maximum absolute atomic E-state index is 4.65. The van der Waals surface area contributed by atoms with Crippen molar-refractivity contribution in [3.8, 4) is 22.4 Å². The fraction of sp³-hybridized carbons (Fsp3) is 0.121. The predicted octanol–water partition coefficient (Wildman–Crippen LogP) is 8.82. The van der Waals surface area contributed by atoms with Gasteiger partial charge in [0.1, 0.15) is 0 Å². The number of benzene rings is 5. The molecule has 34 heavy (non-hydrogen) atoms. The first-order valence-corrected chi connectivity index (χ1v) is 12.0. The van der Waals surface area contributed by atoms with Gasteiger partial charge in [-0.05, 0) is 97.4 Å². The van der Waals surface area contributed by atoms with Crippen LogP contribution in [-0.4, -0.2) is 4.98 Å². The second kappa shape index (κ2) is 6.77. The Bertz CT molecular complexity index is 1790. The Labute approximate surface area is 199 Å². The summed E-state index contributed by atoms with van der Waals surface area (Å²) in [7, 11) is 0. The molecule has 1 aliphatic carbocycles. The lowest BCUT2D eigenvalue weighted by Crippen LogP contribution is -2.14. The molecule has 162 valence electrons. The maximum atomic E-state index is 4.65. The summed E-state index contributed by atoms with van der Waals surface area (Å²) in [6.07, 6.45) is 1.90. The predicted molar refractivity (Wildman–Crippen MR) is 144 cm³/mol. The molecular formula is C33H25N. The van der Waals surface area contributed by atoms with Crippen molar-refractivity contribution in [1.82, 2.24) is 4.98 Å². The molecule has 0 amide bonds. The molecule has 1 aliphatic rings. The second-order valence-electron chi connectivity index (χ2n) is 10.1. The van der Waals surface area contributed by atoms with Gasteiger partial charge in [-0.25, -0.2) is 0 Å². The van der Waals surface area contributed by atoms with Crippen LogP contribution in [0, 0.1) is 6.92 Å². The first-order chi connectivity index (χ1) is 16.5. The topological polar surface area (TPSA) is 12.9 Å².